The number of aryl methyl sites for hydroxylation is 3. The number of nitrogens with one attached hydrogen (secondary N) is 1. The summed E-state index contributed by atoms with van der Waals surface area (Å²) in [5.74, 6) is 1.04. The molecule has 1 amide bonds. The van der Waals surface area contributed by atoms with Gasteiger partial charge < -0.3 is 9.88 Å². The van der Waals surface area contributed by atoms with Crippen molar-refractivity contribution in [3.05, 3.63) is 89.5 Å². The van der Waals surface area contributed by atoms with Crippen LogP contribution in [0, 0.1) is 6.92 Å². The average Bonchev–Trinajstić information content (AvgIpc) is 3.44. The van der Waals surface area contributed by atoms with Crippen LogP contribution in [0.4, 0.5) is 5.69 Å². The number of amides is 1. The summed E-state index contributed by atoms with van der Waals surface area (Å²) in [6, 6.07) is 20.5. The van der Waals surface area contributed by atoms with Crippen LogP contribution in [-0.2, 0) is 24.7 Å². The molecule has 6 nitrogen and oxygen atoms in total. The van der Waals surface area contributed by atoms with Gasteiger partial charge in [-0.3, -0.25) is 9.36 Å². The molecule has 0 radical (unpaired) electrons. The minimum Gasteiger partial charge on any atom is -0.354 e. The van der Waals surface area contributed by atoms with Gasteiger partial charge in [-0.2, -0.15) is 0 Å². The molecule has 0 atom stereocenters. The fraction of sp³-hybridized carbons (Fsp3) is 0.296. The van der Waals surface area contributed by atoms with E-state index in [1.165, 1.54) is 35.7 Å². The molecule has 0 aliphatic rings. The van der Waals surface area contributed by atoms with Crippen LogP contribution in [0.5, 0.6) is 0 Å². The molecular weight excluding hydrogens is 442 g/mol. The lowest BCUT2D eigenvalue weighted by Crippen LogP contribution is -2.14. The number of aromatic nitrogens is 4. The van der Waals surface area contributed by atoms with Crippen molar-refractivity contribution >= 4 is 23.4 Å². The molecule has 7 heteroatoms. The minimum atomic E-state index is -0.0613. The van der Waals surface area contributed by atoms with Crippen LogP contribution in [0.25, 0.3) is 5.69 Å². The summed E-state index contributed by atoms with van der Waals surface area (Å²) in [5.41, 5.74) is 5.44. The quantitative estimate of drug-likeness (QED) is 0.306. The lowest BCUT2D eigenvalue weighted by molar-refractivity contribution is -0.113. The highest BCUT2D eigenvalue weighted by atomic mass is 32.2. The first kappa shape index (κ1) is 23.8. The Morgan fingerprint density at radius 2 is 1.79 bits per heavy atom. The largest absolute Gasteiger partial charge is 0.354 e. The van der Waals surface area contributed by atoms with Gasteiger partial charge in [0.15, 0.2) is 5.16 Å². The standard InChI is InChI=1S/C27H31N5OS/c1-4-5-7-21-11-13-22(14-12-21)28-26(33)19-34-27-30-29-25(18-24-8-6-17-31(24)3)32(27)23-15-9-20(2)10-16-23/h6,8-17H,4-5,7,18-19H2,1-3H3,(H,28,33). The first-order valence-corrected chi connectivity index (χ1v) is 12.6. The third-order valence-electron chi connectivity index (χ3n) is 5.77. The number of hydrogen-bond donors (Lipinski definition) is 1. The van der Waals surface area contributed by atoms with E-state index in [1.54, 1.807) is 0 Å². The van der Waals surface area contributed by atoms with E-state index in [0.717, 1.165) is 29.3 Å². The summed E-state index contributed by atoms with van der Waals surface area (Å²) in [6.45, 7) is 4.26. The first-order valence-electron chi connectivity index (χ1n) is 11.7. The molecule has 4 aromatic rings. The molecule has 2 heterocycles. The van der Waals surface area contributed by atoms with Crippen molar-refractivity contribution in [2.45, 2.75) is 44.7 Å². The molecule has 0 aliphatic heterocycles. The second kappa shape index (κ2) is 11.2. The van der Waals surface area contributed by atoms with Crippen molar-refractivity contribution in [1.82, 2.24) is 19.3 Å². The Morgan fingerprint density at radius 3 is 2.47 bits per heavy atom. The van der Waals surface area contributed by atoms with Crippen molar-refractivity contribution in [2.24, 2.45) is 7.05 Å². The average molecular weight is 474 g/mol. The van der Waals surface area contributed by atoms with E-state index in [4.69, 9.17) is 0 Å². The Morgan fingerprint density at radius 1 is 1.03 bits per heavy atom. The zero-order chi connectivity index (χ0) is 23.9. The number of unbranched alkanes of at least 4 members (excludes halogenated alkanes) is 1. The Bertz CT molecular complexity index is 1220. The number of nitrogens with zero attached hydrogens (tertiary/aromatic N) is 4. The molecule has 0 unspecified atom stereocenters. The number of carbonyl (C=O) groups excluding carboxylic acids is 1. The smallest absolute Gasteiger partial charge is 0.234 e. The summed E-state index contributed by atoms with van der Waals surface area (Å²) in [5, 5.41) is 12.6. The summed E-state index contributed by atoms with van der Waals surface area (Å²) in [6.07, 6.45) is 6.10. The molecule has 0 aliphatic carbocycles. The highest BCUT2D eigenvalue weighted by Crippen LogP contribution is 2.24. The summed E-state index contributed by atoms with van der Waals surface area (Å²) >= 11 is 1.40. The molecule has 0 saturated heterocycles. The SMILES string of the molecule is CCCCc1ccc(NC(=O)CSc2nnc(Cc3cccn3C)n2-c2ccc(C)cc2)cc1. The van der Waals surface area contributed by atoms with Crippen LogP contribution in [0.2, 0.25) is 0 Å². The maximum absolute atomic E-state index is 12.7. The molecule has 1 N–H and O–H groups in total. The van der Waals surface area contributed by atoms with Crippen LogP contribution < -0.4 is 5.32 Å². The maximum Gasteiger partial charge on any atom is 0.234 e. The number of anilines is 1. The Hall–Kier alpha value is -3.32. The zero-order valence-corrected chi connectivity index (χ0v) is 20.8. The predicted octanol–water partition coefficient (Wildman–Crippen LogP) is 5.58. The Labute approximate surface area is 205 Å². The second-order valence-electron chi connectivity index (χ2n) is 8.49. The van der Waals surface area contributed by atoms with E-state index in [-0.39, 0.29) is 11.7 Å². The molecule has 0 saturated carbocycles. The number of carbonyl (C=O) groups is 1. The van der Waals surface area contributed by atoms with Gasteiger partial charge in [0.2, 0.25) is 5.91 Å². The van der Waals surface area contributed by atoms with Gasteiger partial charge in [-0.25, -0.2) is 0 Å². The highest BCUT2D eigenvalue weighted by molar-refractivity contribution is 7.99. The van der Waals surface area contributed by atoms with Crippen molar-refractivity contribution < 1.29 is 4.79 Å². The van der Waals surface area contributed by atoms with Crippen LogP contribution >= 0.6 is 11.8 Å². The van der Waals surface area contributed by atoms with E-state index in [1.807, 2.05) is 36.0 Å². The van der Waals surface area contributed by atoms with Gasteiger partial charge in [-0.1, -0.05) is 54.9 Å². The van der Waals surface area contributed by atoms with Crippen LogP contribution in [0.15, 0.2) is 72.0 Å². The molecule has 0 bridgehead atoms. The summed E-state index contributed by atoms with van der Waals surface area (Å²) in [4.78, 5) is 12.7. The third-order valence-corrected chi connectivity index (χ3v) is 6.70. The predicted molar refractivity (Wildman–Crippen MR) is 139 cm³/mol. The normalized spacial score (nSPS) is 11.0. The third kappa shape index (κ3) is 5.97. The highest BCUT2D eigenvalue weighted by Gasteiger charge is 2.17. The van der Waals surface area contributed by atoms with Gasteiger partial charge in [0, 0.05) is 36.7 Å². The van der Waals surface area contributed by atoms with Crippen molar-refractivity contribution in [1.29, 1.82) is 0 Å². The number of thioether (sulfide) groups is 1. The topological polar surface area (TPSA) is 64.7 Å². The number of benzene rings is 2. The first-order chi connectivity index (χ1) is 16.5. The molecule has 0 fully saturated rings. The number of hydrogen-bond acceptors (Lipinski definition) is 4. The van der Waals surface area contributed by atoms with Crippen molar-refractivity contribution in [3.63, 3.8) is 0 Å². The lowest BCUT2D eigenvalue weighted by Gasteiger charge is -2.11. The van der Waals surface area contributed by atoms with Crippen LogP contribution in [0.1, 0.15) is 42.4 Å². The molecule has 2 aromatic heterocycles. The van der Waals surface area contributed by atoms with Gasteiger partial charge in [-0.15, -0.1) is 10.2 Å². The minimum absolute atomic E-state index is 0.0613. The molecule has 0 spiro atoms. The lowest BCUT2D eigenvalue weighted by atomic mass is 10.1. The second-order valence-corrected chi connectivity index (χ2v) is 9.44. The Kier molecular flexibility index (Phi) is 7.85. The van der Waals surface area contributed by atoms with E-state index < -0.39 is 0 Å². The fourth-order valence-electron chi connectivity index (χ4n) is 3.77. The van der Waals surface area contributed by atoms with E-state index in [9.17, 15) is 4.79 Å². The zero-order valence-electron chi connectivity index (χ0n) is 20.0. The van der Waals surface area contributed by atoms with E-state index >= 15 is 0 Å². The van der Waals surface area contributed by atoms with Gasteiger partial charge >= 0.3 is 0 Å². The molecule has 34 heavy (non-hydrogen) atoms. The fourth-order valence-corrected chi connectivity index (χ4v) is 4.54. The van der Waals surface area contributed by atoms with E-state index in [0.29, 0.717) is 11.6 Å². The van der Waals surface area contributed by atoms with Crippen molar-refractivity contribution in [3.8, 4) is 5.69 Å². The molecular formula is C27H31N5OS. The maximum atomic E-state index is 12.7. The van der Waals surface area contributed by atoms with Crippen LogP contribution in [0.3, 0.4) is 0 Å². The van der Waals surface area contributed by atoms with E-state index in [2.05, 4.69) is 76.4 Å². The van der Waals surface area contributed by atoms with Gasteiger partial charge in [0.05, 0.1) is 5.75 Å². The van der Waals surface area contributed by atoms with Gasteiger partial charge in [0.1, 0.15) is 5.82 Å². The van der Waals surface area contributed by atoms with Gasteiger partial charge in [0.25, 0.3) is 0 Å². The molecule has 4 rings (SSSR count). The molecule has 2 aromatic carbocycles. The Balaban J connectivity index is 1.47. The van der Waals surface area contributed by atoms with Crippen molar-refractivity contribution in [2.75, 3.05) is 11.1 Å². The summed E-state index contributed by atoms with van der Waals surface area (Å²) in [7, 11) is 2.03. The monoisotopic (exact) mass is 473 g/mol. The van der Waals surface area contributed by atoms with Gasteiger partial charge in [-0.05, 0) is 61.7 Å². The molecule has 176 valence electrons. The summed E-state index contributed by atoms with van der Waals surface area (Å²) < 4.78 is 4.13. The van der Waals surface area contributed by atoms with Crippen LogP contribution in [-0.4, -0.2) is 31.0 Å². The number of rotatable bonds is 10.